The topological polar surface area (TPSA) is 103 Å². The molecular weight excluding hydrogens is 392 g/mol. The first kappa shape index (κ1) is 19.0. The van der Waals surface area contributed by atoms with Gasteiger partial charge in [0.05, 0.1) is 30.9 Å². The van der Waals surface area contributed by atoms with Gasteiger partial charge in [-0.1, -0.05) is 29.5 Å². The van der Waals surface area contributed by atoms with Gasteiger partial charge in [-0.25, -0.2) is 4.98 Å². The molecule has 0 spiro atoms. The van der Waals surface area contributed by atoms with Crippen LogP contribution < -0.4 is 15.0 Å². The van der Waals surface area contributed by atoms with E-state index < -0.39 is 0 Å². The maximum absolute atomic E-state index is 12.4. The van der Waals surface area contributed by atoms with Crippen molar-refractivity contribution in [1.82, 2.24) is 20.2 Å². The number of aromatic nitrogens is 4. The minimum absolute atomic E-state index is 0.252. The Hall–Kier alpha value is -3.33. The number of nitrogens with zero attached hydrogens (tertiary/aromatic N) is 3. The van der Waals surface area contributed by atoms with Crippen LogP contribution in [0.15, 0.2) is 50.8 Å². The maximum atomic E-state index is 12.4. The van der Waals surface area contributed by atoms with Crippen molar-refractivity contribution in [2.24, 2.45) is 0 Å². The fourth-order valence-corrected chi connectivity index (χ4v) is 3.43. The zero-order chi connectivity index (χ0) is 20.4. The second-order valence-electron chi connectivity index (χ2n) is 6.26. The molecule has 0 radical (unpaired) electrons. The van der Waals surface area contributed by atoms with Gasteiger partial charge in [-0.05, 0) is 25.1 Å². The molecule has 2 aromatic heterocycles. The number of rotatable bonds is 6. The Morgan fingerprint density at radius 3 is 2.52 bits per heavy atom. The van der Waals surface area contributed by atoms with E-state index in [0.29, 0.717) is 45.1 Å². The Morgan fingerprint density at radius 1 is 1.07 bits per heavy atom. The van der Waals surface area contributed by atoms with Gasteiger partial charge in [0.1, 0.15) is 5.82 Å². The highest BCUT2D eigenvalue weighted by atomic mass is 32.2. The van der Waals surface area contributed by atoms with Crippen LogP contribution in [0.5, 0.6) is 11.5 Å². The first-order chi connectivity index (χ1) is 14.1. The van der Waals surface area contributed by atoms with Crippen LogP contribution in [0.2, 0.25) is 0 Å². The number of aryl methyl sites for hydroxylation is 1. The number of aromatic amines is 1. The molecule has 4 aromatic rings. The van der Waals surface area contributed by atoms with Gasteiger partial charge in [0.25, 0.3) is 10.8 Å². The molecule has 2 aromatic carbocycles. The van der Waals surface area contributed by atoms with E-state index in [2.05, 4.69) is 20.2 Å². The summed E-state index contributed by atoms with van der Waals surface area (Å²) in [5.74, 6) is 2.30. The number of benzene rings is 2. The van der Waals surface area contributed by atoms with Gasteiger partial charge in [-0.3, -0.25) is 4.79 Å². The second kappa shape index (κ2) is 7.96. The fraction of sp³-hybridized carbons (Fsp3) is 0.200. The third-order valence-electron chi connectivity index (χ3n) is 4.30. The second-order valence-corrected chi connectivity index (χ2v) is 7.19. The fourth-order valence-electron chi connectivity index (χ4n) is 2.79. The highest BCUT2D eigenvalue weighted by Gasteiger charge is 2.13. The number of H-pyrrole nitrogens is 1. The molecule has 0 aliphatic heterocycles. The van der Waals surface area contributed by atoms with E-state index in [1.165, 1.54) is 26.0 Å². The molecular formula is C20H18N4O4S. The van der Waals surface area contributed by atoms with Gasteiger partial charge in [0.15, 0.2) is 11.5 Å². The van der Waals surface area contributed by atoms with E-state index in [-0.39, 0.29) is 5.56 Å². The standard InChI is InChI=1S/C20H18N4O4S/c1-11-4-6-12(7-5-11)19-23-24-20(28-19)29-10-17-21-14-9-16(27-3)15(26-2)8-13(14)18(25)22-17/h4-9H,10H2,1-3H3,(H,21,22,25). The molecule has 0 fully saturated rings. The smallest absolute Gasteiger partial charge is 0.277 e. The SMILES string of the molecule is COc1cc2nc(CSc3nnc(-c4ccc(C)cc4)o3)[nH]c(=O)c2cc1OC. The van der Waals surface area contributed by atoms with Crippen LogP contribution in [-0.2, 0) is 5.75 Å². The van der Waals surface area contributed by atoms with E-state index >= 15 is 0 Å². The van der Waals surface area contributed by atoms with Gasteiger partial charge in [-0.2, -0.15) is 0 Å². The quantitative estimate of drug-likeness (QED) is 0.481. The third-order valence-corrected chi connectivity index (χ3v) is 5.13. The number of hydrogen-bond acceptors (Lipinski definition) is 8. The van der Waals surface area contributed by atoms with E-state index in [1.807, 2.05) is 31.2 Å². The lowest BCUT2D eigenvalue weighted by Crippen LogP contribution is -2.11. The highest BCUT2D eigenvalue weighted by molar-refractivity contribution is 7.98. The minimum Gasteiger partial charge on any atom is -0.493 e. The van der Waals surface area contributed by atoms with Crippen molar-refractivity contribution >= 4 is 22.7 Å². The predicted octanol–water partition coefficient (Wildman–Crippen LogP) is 3.59. The lowest BCUT2D eigenvalue weighted by atomic mass is 10.1. The normalized spacial score (nSPS) is 11.0. The Balaban J connectivity index is 1.55. The predicted molar refractivity (Wildman–Crippen MR) is 109 cm³/mol. The molecule has 0 aliphatic carbocycles. The van der Waals surface area contributed by atoms with Crippen molar-refractivity contribution < 1.29 is 13.9 Å². The molecule has 0 bridgehead atoms. The number of thioether (sulfide) groups is 1. The lowest BCUT2D eigenvalue weighted by Gasteiger charge is -2.09. The van der Waals surface area contributed by atoms with Crippen molar-refractivity contribution in [1.29, 1.82) is 0 Å². The summed E-state index contributed by atoms with van der Waals surface area (Å²) < 4.78 is 16.2. The highest BCUT2D eigenvalue weighted by Crippen LogP contribution is 2.30. The number of fused-ring (bicyclic) bond motifs is 1. The third kappa shape index (κ3) is 3.95. The van der Waals surface area contributed by atoms with Crippen molar-refractivity contribution in [3.8, 4) is 23.0 Å². The molecule has 2 heterocycles. The molecule has 0 saturated carbocycles. The van der Waals surface area contributed by atoms with Crippen LogP contribution >= 0.6 is 11.8 Å². The van der Waals surface area contributed by atoms with E-state index in [1.54, 1.807) is 12.1 Å². The van der Waals surface area contributed by atoms with Gasteiger partial charge < -0.3 is 18.9 Å². The summed E-state index contributed by atoms with van der Waals surface area (Å²) in [5, 5.41) is 8.96. The summed E-state index contributed by atoms with van der Waals surface area (Å²) in [6.07, 6.45) is 0. The Morgan fingerprint density at radius 2 is 1.79 bits per heavy atom. The number of hydrogen-bond donors (Lipinski definition) is 1. The van der Waals surface area contributed by atoms with Crippen molar-refractivity contribution in [3.63, 3.8) is 0 Å². The zero-order valence-corrected chi connectivity index (χ0v) is 16.9. The molecule has 0 amide bonds. The van der Waals surface area contributed by atoms with Crippen LogP contribution in [-0.4, -0.2) is 34.4 Å². The summed E-state index contributed by atoms with van der Waals surface area (Å²) in [7, 11) is 3.06. The molecule has 0 saturated heterocycles. The largest absolute Gasteiger partial charge is 0.493 e. The maximum Gasteiger partial charge on any atom is 0.277 e. The summed E-state index contributed by atoms with van der Waals surface area (Å²) >= 11 is 1.30. The van der Waals surface area contributed by atoms with E-state index in [9.17, 15) is 4.79 Å². The van der Waals surface area contributed by atoms with Crippen LogP contribution in [0.1, 0.15) is 11.4 Å². The molecule has 9 heteroatoms. The van der Waals surface area contributed by atoms with Gasteiger partial charge in [-0.15, -0.1) is 10.2 Å². The molecule has 0 unspecified atom stereocenters. The monoisotopic (exact) mass is 410 g/mol. The summed E-state index contributed by atoms with van der Waals surface area (Å²) in [6.45, 7) is 2.02. The van der Waals surface area contributed by atoms with Crippen LogP contribution in [0, 0.1) is 6.92 Å². The Bertz CT molecular complexity index is 1220. The Labute approximate surface area is 170 Å². The summed E-state index contributed by atoms with van der Waals surface area (Å²) in [6, 6.07) is 11.1. The molecule has 0 atom stereocenters. The van der Waals surface area contributed by atoms with Crippen LogP contribution in [0.3, 0.4) is 0 Å². The summed E-state index contributed by atoms with van der Waals surface area (Å²) in [4.78, 5) is 19.7. The molecule has 148 valence electrons. The Kier molecular flexibility index (Phi) is 5.22. The van der Waals surface area contributed by atoms with Crippen LogP contribution in [0.25, 0.3) is 22.4 Å². The number of ether oxygens (including phenoxy) is 2. The molecule has 4 rings (SSSR count). The molecule has 0 aliphatic rings. The average Bonchev–Trinajstić information content (AvgIpc) is 3.21. The van der Waals surface area contributed by atoms with Gasteiger partial charge >= 0.3 is 0 Å². The zero-order valence-electron chi connectivity index (χ0n) is 16.1. The van der Waals surface area contributed by atoms with Crippen molar-refractivity contribution in [3.05, 3.63) is 58.1 Å². The average molecular weight is 410 g/mol. The van der Waals surface area contributed by atoms with Crippen molar-refractivity contribution in [2.75, 3.05) is 14.2 Å². The molecule has 8 nitrogen and oxygen atoms in total. The summed E-state index contributed by atoms with van der Waals surface area (Å²) in [5.41, 5.74) is 2.28. The lowest BCUT2D eigenvalue weighted by molar-refractivity contribution is 0.355. The first-order valence-electron chi connectivity index (χ1n) is 8.75. The van der Waals surface area contributed by atoms with E-state index in [0.717, 1.165) is 11.1 Å². The molecule has 29 heavy (non-hydrogen) atoms. The number of methoxy groups -OCH3 is 2. The van der Waals surface area contributed by atoms with Gasteiger partial charge in [0.2, 0.25) is 5.89 Å². The molecule has 1 N–H and O–H groups in total. The van der Waals surface area contributed by atoms with Crippen molar-refractivity contribution in [2.45, 2.75) is 17.9 Å². The van der Waals surface area contributed by atoms with Crippen LogP contribution in [0.4, 0.5) is 0 Å². The number of nitrogens with one attached hydrogen (secondary N) is 1. The van der Waals surface area contributed by atoms with E-state index in [4.69, 9.17) is 13.9 Å². The first-order valence-corrected chi connectivity index (χ1v) is 9.74. The van der Waals surface area contributed by atoms with Gasteiger partial charge in [0, 0.05) is 11.6 Å². The minimum atomic E-state index is -0.252.